The van der Waals surface area contributed by atoms with E-state index in [1.165, 1.54) is 26.0 Å². The highest BCUT2D eigenvalue weighted by molar-refractivity contribution is 5.99. The molecule has 0 N–H and O–H groups in total. The van der Waals surface area contributed by atoms with Crippen LogP contribution in [0.5, 0.6) is 0 Å². The zero-order valence-electron chi connectivity index (χ0n) is 9.12. The van der Waals surface area contributed by atoms with Crippen LogP contribution in [0.1, 0.15) is 13.8 Å². The molecule has 0 aliphatic rings. The molecule has 0 spiro atoms. The molecule has 0 rings (SSSR count). The Kier molecular flexibility index (Phi) is 5.37. The average molecular weight is 212 g/mol. The lowest BCUT2D eigenvalue weighted by atomic mass is 9.94. The summed E-state index contributed by atoms with van der Waals surface area (Å²) in [6.07, 6.45) is 2.87. The fourth-order valence-corrected chi connectivity index (χ4v) is 0.713. The van der Waals surface area contributed by atoms with E-state index in [-0.39, 0.29) is 13.2 Å². The van der Waals surface area contributed by atoms with E-state index in [1.54, 1.807) is 0 Å². The topological polar surface area (TPSA) is 52.6 Å². The van der Waals surface area contributed by atoms with Gasteiger partial charge in [0, 0.05) is 0 Å². The van der Waals surface area contributed by atoms with E-state index in [4.69, 9.17) is 9.47 Å². The summed E-state index contributed by atoms with van der Waals surface area (Å²) in [4.78, 5) is 22.9. The second-order valence-corrected chi connectivity index (χ2v) is 3.40. The summed E-state index contributed by atoms with van der Waals surface area (Å²) < 4.78 is 9.55. The van der Waals surface area contributed by atoms with Gasteiger partial charge < -0.3 is 9.47 Å². The van der Waals surface area contributed by atoms with Gasteiger partial charge in [0.05, 0.1) is 0 Å². The molecule has 0 fully saturated rings. The number of hydrogen-bond donors (Lipinski definition) is 0. The molecule has 0 aromatic heterocycles. The molecule has 0 aromatic rings. The van der Waals surface area contributed by atoms with E-state index in [2.05, 4.69) is 13.2 Å². The fraction of sp³-hybridized carbons (Fsp3) is 0.455. The number of hydrogen-bond acceptors (Lipinski definition) is 4. The lowest BCUT2D eigenvalue weighted by Gasteiger charge is -2.19. The second kappa shape index (κ2) is 6.01. The Hall–Kier alpha value is -1.58. The molecule has 0 saturated heterocycles. The summed E-state index contributed by atoms with van der Waals surface area (Å²) in [6.45, 7) is 9.86. The highest BCUT2D eigenvalue weighted by Gasteiger charge is 2.39. The van der Waals surface area contributed by atoms with Crippen molar-refractivity contribution >= 4 is 11.9 Å². The van der Waals surface area contributed by atoms with Crippen LogP contribution in [-0.2, 0) is 19.1 Å². The average Bonchev–Trinajstić information content (AvgIpc) is 2.21. The highest BCUT2D eigenvalue weighted by Crippen LogP contribution is 2.19. The van der Waals surface area contributed by atoms with Gasteiger partial charge in [0.15, 0.2) is 5.41 Å². The minimum atomic E-state index is -1.30. The fourth-order valence-electron chi connectivity index (χ4n) is 0.713. The Labute approximate surface area is 89.6 Å². The smallest absolute Gasteiger partial charge is 0.323 e. The summed E-state index contributed by atoms with van der Waals surface area (Å²) in [6, 6.07) is 0. The summed E-state index contributed by atoms with van der Waals surface area (Å²) in [5.74, 6) is -1.26. The third-order valence-electron chi connectivity index (χ3n) is 1.69. The second-order valence-electron chi connectivity index (χ2n) is 3.40. The Morgan fingerprint density at radius 2 is 1.40 bits per heavy atom. The predicted molar refractivity (Wildman–Crippen MR) is 56.1 cm³/mol. The van der Waals surface area contributed by atoms with Crippen LogP contribution in [0.15, 0.2) is 25.3 Å². The molecule has 0 aliphatic carbocycles. The SMILES string of the molecule is C=CCOC(=O)C(C)(C)C(=O)OCC=C. The van der Waals surface area contributed by atoms with Crippen molar-refractivity contribution in [2.24, 2.45) is 5.41 Å². The quantitative estimate of drug-likeness (QED) is 0.380. The van der Waals surface area contributed by atoms with Gasteiger partial charge in [-0.15, -0.1) is 0 Å². The molecular weight excluding hydrogens is 196 g/mol. The lowest BCUT2D eigenvalue weighted by Crippen LogP contribution is -2.36. The Morgan fingerprint density at radius 3 is 1.67 bits per heavy atom. The van der Waals surface area contributed by atoms with Crippen LogP contribution in [0.4, 0.5) is 0 Å². The molecule has 0 amide bonds. The molecule has 0 saturated carbocycles. The van der Waals surface area contributed by atoms with Crippen molar-refractivity contribution in [3.63, 3.8) is 0 Å². The first kappa shape index (κ1) is 13.4. The van der Waals surface area contributed by atoms with Gasteiger partial charge in [-0.3, -0.25) is 9.59 Å². The Bertz CT molecular complexity index is 240. The van der Waals surface area contributed by atoms with Crippen LogP contribution in [0.3, 0.4) is 0 Å². The largest absolute Gasteiger partial charge is 0.461 e. The molecule has 0 aromatic carbocycles. The van der Waals surface area contributed by atoms with Crippen LogP contribution in [0.2, 0.25) is 0 Å². The maximum Gasteiger partial charge on any atom is 0.323 e. The first-order valence-electron chi connectivity index (χ1n) is 4.53. The summed E-state index contributed by atoms with van der Waals surface area (Å²) in [5, 5.41) is 0. The molecule has 0 unspecified atom stereocenters. The number of esters is 2. The number of rotatable bonds is 6. The van der Waals surface area contributed by atoms with Crippen LogP contribution in [0, 0.1) is 5.41 Å². The van der Waals surface area contributed by atoms with Crippen molar-refractivity contribution in [3.05, 3.63) is 25.3 Å². The van der Waals surface area contributed by atoms with E-state index in [9.17, 15) is 9.59 Å². The summed E-state index contributed by atoms with van der Waals surface area (Å²) in [7, 11) is 0. The summed E-state index contributed by atoms with van der Waals surface area (Å²) in [5.41, 5.74) is -1.30. The van der Waals surface area contributed by atoms with Gasteiger partial charge in [-0.05, 0) is 13.8 Å². The van der Waals surface area contributed by atoms with Crippen molar-refractivity contribution in [1.29, 1.82) is 0 Å². The van der Waals surface area contributed by atoms with Crippen LogP contribution in [0.25, 0.3) is 0 Å². The van der Waals surface area contributed by atoms with Crippen LogP contribution < -0.4 is 0 Å². The van der Waals surface area contributed by atoms with Gasteiger partial charge in [0.1, 0.15) is 13.2 Å². The van der Waals surface area contributed by atoms with Crippen LogP contribution >= 0.6 is 0 Å². The van der Waals surface area contributed by atoms with Gasteiger partial charge in [-0.25, -0.2) is 0 Å². The summed E-state index contributed by atoms with van der Waals surface area (Å²) >= 11 is 0. The number of ether oxygens (including phenoxy) is 2. The molecule has 0 aliphatic heterocycles. The molecule has 15 heavy (non-hydrogen) atoms. The standard InChI is InChI=1S/C11H16O4/c1-5-7-14-9(12)11(3,4)10(13)15-8-6-2/h5-6H,1-2,7-8H2,3-4H3. The molecule has 4 nitrogen and oxygen atoms in total. The third-order valence-corrected chi connectivity index (χ3v) is 1.69. The number of carbonyl (C=O) groups is 2. The van der Waals surface area contributed by atoms with Gasteiger partial charge >= 0.3 is 11.9 Å². The predicted octanol–water partition coefficient (Wildman–Crippen LogP) is 1.47. The van der Waals surface area contributed by atoms with Gasteiger partial charge in [-0.2, -0.15) is 0 Å². The maximum atomic E-state index is 11.4. The van der Waals surface area contributed by atoms with Gasteiger partial charge in [0.2, 0.25) is 0 Å². The molecule has 0 radical (unpaired) electrons. The van der Waals surface area contributed by atoms with Gasteiger partial charge in [0.25, 0.3) is 0 Å². The molecule has 84 valence electrons. The third kappa shape index (κ3) is 3.97. The van der Waals surface area contributed by atoms with E-state index in [0.29, 0.717) is 0 Å². The van der Waals surface area contributed by atoms with Crippen molar-refractivity contribution in [1.82, 2.24) is 0 Å². The monoisotopic (exact) mass is 212 g/mol. The van der Waals surface area contributed by atoms with Gasteiger partial charge in [-0.1, -0.05) is 25.3 Å². The first-order valence-corrected chi connectivity index (χ1v) is 4.53. The zero-order valence-corrected chi connectivity index (χ0v) is 9.12. The normalized spacial score (nSPS) is 10.3. The van der Waals surface area contributed by atoms with E-state index in [1.807, 2.05) is 0 Å². The molecular formula is C11H16O4. The van der Waals surface area contributed by atoms with Crippen molar-refractivity contribution in [2.45, 2.75) is 13.8 Å². The first-order chi connectivity index (χ1) is 6.96. The molecule has 0 heterocycles. The minimum absolute atomic E-state index is 0.0804. The van der Waals surface area contributed by atoms with Crippen LogP contribution in [-0.4, -0.2) is 25.2 Å². The zero-order chi connectivity index (χ0) is 11.9. The molecule has 0 atom stereocenters. The van der Waals surface area contributed by atoms with Crippen molar-refractivity contribution in [2.75, 3.05) is 13.2 Å². The Balaban J connectivity index is 4.36. The van der Waals surface area contributed by atoms with E-state index < -0.39 is 17.4 Å². The molecule has 4 heteroatoms. The van der Waals surface area contributed by atoms with Crippen molar-refractivity contribution in [3.8, 4) is 0 Å². The molecule has 0 bridgehead atoms. The van der Waals surface area contributed by atoms with Crippen molar-refractivity contribution < 1.29 is 19.1 Å². The Morgan fingerprint density at radius 1 is 1.07 bits per heavy atom. The lowest BCUT2D eigenvalue weighted by molar-refractivity contribution is -0.168. The maximum absolute atomic E-state index is 11.4. The minimum Gasteiger partial charge on any atom is -0.461 e. The highest BCUT2D eigenvalue weighted by atomic mass is 16.6. The van der Waals surface area contributed by atoms with E-state index >= 15 is 0 Å². The number of carbonyl (C=O) groups excluding carboxylic acids is 2. The van der Waals surface area contributed by atoms with E-state index in [0.717, 1.165) is 0 Å².